The minimum Gasteiger partial charge on any atom is -0.380 e. The van der Waals surface area contributed by atoms with E-state index in [0.29, 0.717) is 24.3 Å². The zero-order valence-electron chi connectivity index (χ0n) is 15.1. The summed E-state index contributed by atoms with van der Waals surface area (Å²) < 4.78 is 6.00. The number of nitrogens with one attached hydrogen (secondary N) is 1. The van der Waals surface area contributed by atoms with Crippen LogP contribution in [0.1, 0.15) is 38.5 Å². The van der Waals surface area contributed by atoms with E-state index >= 15 is 0 Å². The van der Waals surface area contributed by atoms with Crippen LogP contribution < -0.4 is 16.0 Å². The summed E-state index contributed by atoms with van der Waals surface area (Å²) in [5.74, 6) is 0. The number of hydrogen-bond donors (Lipinski definition) is 2. The molecule has 138 valence electrons. The summed E-state index contributed by atoms with van der Waals surface area (Å²) in [4.78, 5) is 11.6. The highest BCUT2D eigenvalue weighted by Gasteiger charge is 2.34. The first kappa shape index (κ1) is 16.3. The summed E-state index contributed by atoms with van der Waals surface area (Å²) in [5.41, 5.74) is 10.3. The summed E-state index contributed by atoms with van der Waals surface area (Å²) in [7, 11) is 0. The quantitative estimate of drug-likeness (QED) is 0.883. The predicted molar refractivity (Wildman–Crippen MR) is 104 cm³/mol. The minimum absolute atomic E-state index is 0.361. The molecule has 5 rings (SSSR count). The molecule has 1 aliphatic carbocycles. The van der Waals surface area contributed by atoms with Crippen LogP contribution in [-0.4, -0.2) is 47.3 Å². The molecule has 2 aromatic rings. The Morgan fingerprint density at radius 3 is 2.46 bits per heavy atom. The lowest BCUT2D eigenvalue weighted by Gasteiger charge is -2.34. The van der Waals surface area contributed by atoms with Gasteiger partial charge < -0.3 is 20.7 Å². The Labute approximate surface area is 154 Å². The molecule has 2 bridgehead atoms. The van der Waals surface area contributed by atoms with Crippen molar-refractivity contribution in [3.05, 3.63) is 24.5 Å². The summed E-state index contributed by atoms with van der Waals surface area (Å²) in [6, 6.07) is 5.27. The molecule has 1 aromatic heterocycles. The number of fused-ring (bicyclic) bond motifs is 3. The summed E-state index contributed by atoms with van der Waals surface area (Å²) in [5, 5.41) is 3.75. The van der Waals surface area contributed by atoms with Crippen LogP contribution in [0.25, 0.3) is 11.0 Å². The van der Waals surface area contributed by atoms with Gasteiger partial charge in [0.1, 0.15) is 5.52 Å². The van der Waals surface area contributed by atoms with Crippen LogP contribution in [0, 0.1) is 0 Å². The van der Waals surface area contributed by atoms with Crippen LogP contribution in [0.5, 0.6) is 0 Å². The maximum absolute atomic E-state index is 6.07. The highest BCUT2D eigenvalue weighted by Crippen LogP contribution is 2.34. The van der Waals surface area contributed by atoms with Crippen molar-refractivity contribution in [1.82, 2.24) is 9.97 Å². The molecule has 2 saturated heterocycles. The van der Waals surface area contributed by atoms with Crippen molar-refractivity contribution >= 4 is 22.4 Å². The van der Waals surface area contributed by atoms with Gasteiger partial charge in [-0.3, -0.25) is 9.97 Å². The average molecular weight is 353 g/mol. The van der Waals surface area contributed by atoms with Crippen molar-refractivity contribution in [3.8, 4) is 0 Å². The molecular weight excluding hydrogens is 326 g/mol. The first-order valence-corrected chi connectivity index (χ1v) is 9.92. The summed E-state index contributed by atoms with van der Waals surface area (Å²) in [6.45, 7) is 1.94. The number of benzene rings is 1. The number of nitrogens with zero attached hydrogens (tertiary/aromatic N) is 3. The molecule has 3 aliphatic rings. The Morgan fingerprint density at radius 1 is 0.962 bits per heavy atom. The Balaban J connectivity index is 1.46. The first-order chi connectivity index (χ1) is 12.7. The van der Waals surface area contributed by atoms with Crippen molar-refractivity contribution in [2.45, 2.75) is 62.8 Å². The van der Waals surface area contributed by atoms with E-state index in [0.717, 1.165) is 55.5 Å². The number of aromatic nitrogens is 2. The molecule has 3 fully saturated rings. The van der Waals surface area contributed by atoms with E-state index in [1.807, 2.05) is 0 Å². The molecule has 3 N–H and O–H groups in total. The third kappa shape index (κ3) is 3.12. The number of ether oxygens (including phenoxy) is 1. The maximum Gasteiger partial charge on any atom is 0.112 e. The highest BCUT2D eigenvalue weighted by atomic mass is 16.5. The molecule has 6 heteroatoms. The van der Waals surface area contributed by atoms with E-state index in [2.05, 4.69) is 32.3 Å². The Morgan fingerprint density at radius 2 is 1.69 bits per heavy atom. The van der Waals surface area contributed by atoms with E-state index in [-0.39, 0.29) is 0 Å². The van der Waals surface area contributed by atoms with Crippen LogP contribution in [0.2, 0.25) is 0 Å². The molecule has 2 atom stereocenters. The van der Waals surface area contributed by atoms with Crippen LogP contribution in [0.4, 0.5) is 11.4 Å². The fraction of sp³-hybridized carbons (Fsp3) is 0.600. The third-order valence-corrected chi connectivity index (χ3v) is 6.10. The minimum atomic E-state index is 0.361. The van der Waals surface area contributed by atoms with Gasteiger partial charge in [-0.25, -0.2) is 0 Å². The molecule has 1 aromatic carbocycles. The molecule has 2 unspecified atom stereocenters. The molecule has 6 nitrogen and oxygen atoms in total. The smallest absolute Gasteiger partial charge is 0.112 e. The van der Waals surface area contributed by atoms with E-state index in [9.17, 15) is 0 Å². The predicted octanol–water partition coefficient (Wildman–Crippen LogP) is 2.68. The van der Waals surface area contributed by atoms with E-state index in [1.165, 1.54) is 18.5 Å². The number of nitrogens with two attached hydrogens (primary N) is 1. The van der Waals surface area contributed by atoms with Crippen molar-refractivity contribution in [2.75, 3.05) is 23.3 Å². The Bertz CT molecular complexity index is 777. The normalized spacial score (nSPS) is 31.3. The van der Waals surface area contributed by atoms with Gasteiger partial charge in [0, 0.05) is 43.3 Å². The Hall–Kier alpha value is -1.92. The fourth-order valence-corrected chi connectivity index (χ4v) is 4.66. The molecular formula is C20H27N5O. The van der Waals surface area contributed by atoms with Crippen molar-refractivity contribution in [2.24, 2.45) is 5.73 Å². The lowest BCUT2D eigenvalue weighted by molar-refractivity contribution is 0.0305. The van der Waals surface area contributed by atoms with Crippen LogP contribution >= 0.6 is 0 Å². The zero-order chi connectivity index (χ0) is 17.5. The fourth-order valence-electron chi connectivity index (χ4n) is 4.66. The first-order valence-electron chi connectivity index (χ1n) is 9.92. The summed E-state index contributed by atoms with van der Waals surface area (Å²) in [6.07, 6.45) is 11.1. The topological polar surface area (TPSA) is 76.3 Å². The second-order valence-electron chi connectivity index (χ2n) is 8.04. The van der Waals surface area contributed by atoms with Crippen LogP contribution in [0.15, 0.2) is 24.5 Å². The van der Waals surface area contributed by atoms with E-state index in [1.54, 1.807) is 12.4 Å². The van der Waals surface area contributed by atoms with Gasteiger partial charge in [-0.15, -0.1) is 0 Å². The monoisotopic (exact) mass is 353 g/mol. The molecule has 0 radical (unpaired) electrons. The van der Waals surface area contributed by atoms with Gasteiger partial charge in [-0.05, 0) is 50.7 Å². The number of anilines is 2. The Kier molecular flexibility index (Phi) is 4.17. The van der Waals surface area contributed by atoms with E-state index < -0.39 is 0 Å². The van der Waals surface area contributed by atoms with E-state index in [4.69, 9.17) is 10.5 Å². The molecule has 26 heavy (non-hydrogen) atoms. The number of hydrogen-bond acceptors (Lipinski definition) is 6. The van der Waals surface area contributed by atoms with Crippen molar-refractivity contribution in [3.63, 3.8) is 0 Å². The molecule has 0 amide bonds. The lowest BCUT2D eigenvalue weighted by atomic mass is 9.91. The van der Waals surface area contributed by atoms with Crippen molar-refractivity contribution < 1.29 is 4.74 Å². The summed E-state index contributed by atoms with van der Waals surface area (Å²) >= 11 is 0. The van der Waals surface area contributed by atoms with Gasteiger partial charge in [0.05, 0.1) is 23.4 Å². The zero-order valence-corrected chi connectivity index (χ0v) is 15.1. The second-order valence-corrected chi connectivity index (χ2v) is 8.04. The third-order valence-electron chi connectivity index (χ3n) is 6.10. The average Bonchev–Trinajstić information content (AvgIpc) is 3.01. The van der Waals surface area contributed by atoms with Gasteiger partial charge in [0.25, 0.3) is 0 Å². The molecule has 1 saturated carbocycles. The number of morpholine rings is 1. The molecule has 2 aliphatic heterocycles. The van der Waals surface area contributed by atoms with Crippen LogP contribution in [0.3, 0.4) is 0 Å². The largest absolute Gasteiger partial charge is 0.380 e. The van der Waals surface area contributed by atoms with Gasteiger partial charge in [-0.1, -0.05) is 0 Å². The van der Waals surface area contributed by atoms with Gasteiger partial charge >= 0.3 is 0 Å². The van der Waals surface area contributed by atoms with Crippen molar-refractivity contribution in [1.29, 1.82) is 0 Å². The highest BCUT2D eigenvalue weighted by molar-refractivity contribution is 5.91. The SMILES string of the molecule is NC1CCC(Nc2cc(N3CC4CCC(C3)O4)cc3nccnc23)CC1. The lowest BCUT2D eigenvalue weighted by Crippen LogP contribution is -2.42. The number of rotatable bonds is 3. The standard InChI is InChI=1S/C20H27N5O/c21-13-1-3-14(4-2-13)24-19-10-15(9-18-20(19)23-8-7-22-18)25-11-16-5-6-17(12-25)26-16/h7-10,13-14,16-17,24H,1-6,11-12,21H2. The van der Waals surface area contributed by atoms with Crippen LogP contribution in [-0.2, 0) is 4.74 Å². The maximum atomic E-state index is 6.07. The molecule has 3 heterocycles. The van der Waals surface area contributed by atoms with Gasteiger partial charge in [-0.2, -0.15) is 0 Å². The molecule has 0 spiro atoms. The van der Waals surface area contributed by atoms with Gasteiger partial charge in [0.2, 0.25) is 0 Å². The second kappa shape index (κ2) is 6.67. The van der Waals surface area contributed by atoms with Gasteiger partial charge in [0.15, 0.2) is 0 Å².